The Bertz CT molecular complexity index is 2740. The number of carbonyl (C=O) groups excluding carboxylic acids is 4. The van der Waals surface area contributed by atoms with E-state index in [1.165, 1.54) is 7.11 Å². The number of hydrogen-bond acceptors (Lipinski definition) is 11. The van der Waals surface area contributed by atoms with Crippen molar-refractivity contribution < 1.29 is 43.6 Å². The summed E-state index contributed by atoms with van der Waals surface area (Å²) in [5.41, 5.74) is 8.99. The molecule has 3 amide bonds. The maximum atomic E-state index is 14.1. The molecule has 68 heavy (non-hydrogen) atoms. The molecule has 14 heteroatoms. The lowest BCUT2D eigenvalue weighted by atomic mass is 9.96. The van der Waals surface area contributed by atoms with Crippen molar-refractivity contribution in [2.24, 2.45) is 0 Å². The number of benzene rings is 5. The van der Waals surface area contributed by atoms with Crippen molar-refractivity contribution in [3.8, 4) is 17.2 Å². The molecule has 0 aromatic heterocycles. The molecule has 3 N–H and O–H groups in total. The summed E-state index contributed by atoms with van der Waals surface area (Å²) in [4.78, 5) is 56.6. The lowest BCUT2D eigenvalue weighted by Crippen LogP contribution is -2.43. The minimum atomic E-state index is -0.791. The Balaban J connectivity index is 0.923. The first-order valence-corrected chi connectivity index (χ1v) is 26.0. The van der Waals surface area contributed by atoms with Crippen molar-refractivity contribution in [1.29, 1.82) is 0 Å². The van der Waals surface area contributed by atoms with Gasteiger partial charge in [-0.25, -0.2) is 0 Å². The van der Waals surface area contributed by atoms with Crippen LogP contribution in [0.4, 0.5) is 17.1 Å². The van der Waals surface area contributed by atoms with Gasteiger partial charge < -0.3 is 39.5 Å². The van der Waals surface area contributed by atoms with E-state index in [4.69, 9.17) is 14.2 Å². The number of Topliss-reactive ketones (excluding diaryl/α,β-unsaturated/α-hetero) is 1. The molecular weight excluding hydrogens is 899 g/mol. The Kier molecular flexibility index (Phi) is 14.5. The van der Waals surface area contributed by atoms with E-state index in [2.05, 4.69) is 5.32 Å². The van der Waals surface area contributed by atoms with Gasteiger partial charge in [0.05, 0.1) is 31.4 Å². The van der Waals surface area contributed by atoms with Crippen molar-refractivity contribution in [3.63, 3.8) is 0 Å². The highest BCUT2D eigenvalue weighted by molar-refractivity contribution is 8.76. The Morgan fingerprint density at radius 3 is 1.76 bits per heavy atom. The minimum Gasteiger partial charge on any atom is -0.493 e. The number of ketones is 1. The minimum absolute atomic E-state index is 0.0842. The molecule has 0 spiro atoms. The maximum Gasteiger partial charge on any atom is 0.259 e. The fourth-order valence-corrected chi connectivity index (χ4v) is 12.1. The van der Waals surface area contributed by atoms with Crippen LogP contribution in [0, 0.1) is 6.92 Å². The molecule has 354 valence electrons. The van der Waals surface area contributed by atoms with Crippen molar-refractivity contribution in [3.05, 3.63) is 141 Å². The average molecular weight is 956 g/mol. The smallest absolute Gasteiger partial charge is 0.259 e. The van der Waals surface area contributed by atoms with E-state index >= 15 is 0 Å². The highest BCUT2D eigenvalue weighted by Gasteiger charge is 2.43. The van der Waals surface area contributed by atoms with Crippen molar-refractivity contribution in [2.45, 2.75) is 109 Å². The zero-order chi connectivity index (χ0) is 47.5. The Hall–Kier alpha value is -5.80. The molecule has 9 rings (SSSR count). The molecular formula is C54H57N3O9S2. The zero-order valence-electron chi connectivity index (χ0n) is 38.6. The first kappa shape index (κ1) is 47.3. The number of anilines is 3. The van der Waals surface area contributed by atoms with E-state index in [1.54, 1.807) is 43.5 Å². The number of nitrogens with one attached hydrogen (secondary N) is 1. The van der Waals surface area contributed by atoms with Crippen LogP contribution in [0.15, 0.2) is 91.0 Å². The van der Waals surface area contributed by atoms with Gasteiger partial charge in [-0.3, -0.25) is 19.2 Å². The largest absolute Gasteiger partial charge is 0.493 e. The monoisotopic (exact) mass is 955 g/mol. The number of aryl methyl sites for hydroxylation is 1. The summed E-state index contributed by atoms with van der Waals surface area (Å²) in [5, 5.41) is 26.0. The number of aliphatic hydroxyl groups is 2. The molecule has 0 aliphatic carbocycles. The SMILES string of the molecule is CCC(=O)CCCSSCCCC(=O)Nc1cc(COc2cc3c(cc2C)C(=O)N2c4ccccc4C[C@H]2C(O)C3)cc(COc2cc3c(cc2OC)C(=O)N2c4ccccc4C[C@H]2C(O)C3)c1. The number of methoxy groups -OCH3 is 1. The van der Waals surface area contributed by atoms with Gasteiger partial charge in [0.1, 0.15) is 24.7 Å². The summed E-state index contributed by atoms with van der Waals surface area (Å²) in [6.45, 7) is 4.01. The molecule has 0 saturated carbocycles. The normalized spacial score (nSPS) is 18.9. The number of fused-ring (bicyclic) bond motifs is 8. The van der Waals surface area contributed by atoms with Crippen molar-refractivity contribution in [1.82, 2.24) is 0 Å². The average Bonchev–Trinajstić information content (AvgIpc) is 3.88. The fourth-order valence-electron chi connectivity index (χ4n) is 9.90. The summed E-state index contributed by atoms with van der Waals surface area (Å²) < 4.78 is 18.7. The van der Waals surface area contributed by atoms with Crippen LogP contribution in [0.3, 0.4) is 0 Å². The molecule has 0 radical (unpaired) electrons. The summed E-state index contributed by atoms with van der Waals surface area (Å²) >= 11 is 0. The second-order valence-electron chi connectivity index (χ2n) is 18.0. The van der Waals surface area contributed by atoms with Crippen LogP contribution in [0.5, 0.6) is 17.2 Å². The number of aliphatic hydroxyl groups excluding tert-OH is 2. The number of para-hydroxylation sites is 2. The van der Waals surface area contributed by atoms with Gasteiger partial charge in [0, 0.05) is 71.8 Å². The highest BCUT2D eigenvalue weighted by Crippen LogP contribution is 2.42. The van der Waals surface area contributed by atoms with E-state index < -0.39 is 12.2 Å². The lowest BCUT2D eigenvalue weighted by molar-refractivity contribution is -0.119. The predicted molar refractivity (Wildman–Crippen MR) is 267 cm³/mol. The molecule has 4 atom stereocenters. The second kappa shape index (κ2) is 20.8. The third kappa shape index (κ3) is 10.0. The third-order valence-electron chi connectivity index (χ3n) is 13.4. The molecule has 5 aromatic rings. The van der Waals surface area contributed by atoms with Gasteiger partial charge in [-0.2, -0.15) is 0 Å². The van der Waals surface area contributed by atoms with Crippen LogP contribution in [0.2, 0.25) is 0 Å². The number of carbonyl (C=O) groups is 4. The van der Waals surface area contributed by atoms with Crippen LogP contribution < -0.4 is 29.3 Å². The van der Waals surface area contributed by atoms with Crippen LogP contribution in [-0.4, -0.2) is 76.6 Å². The predicted octanol–water partition coefficient (Wildman–Crippen LogP) is 9.00. The van der Waals surface area contributed by atoms with E-state index in [0.717, 1.165) is 62.7 Å². The molecule has 4 aliphatic rings. The Morgan fingerprint density at radius 1 is 0.662 bits per heavy atom. The van der Waals surface area contributed by atoms with Crippen LogP contribution in [0.25, 0.3) is 0 Å². The highest BCUT2D eigenvalue weighted by atomic mass is 33.1. The number of rotatable bonds is 18. The van der Waals surface area contributed by atoms with Crippen molar-refractivity contribution in [2.75, 3.05) is 33.7 Å². The standard InChI is InChI=1S/C54H57N3O9S2/c1-4-40(58)13-9-17-67-68-18-10-16-52(61)55-39-21-33(30-65-49-27-37-25-47(59)45-23-35-11-5-7-14-43(35)56(45)53(62)41(37)19-32(49)2)20-34(22-39)31-66-51-28-38-26-48(60)46-24-36-12-6-8-15-44(36)57(46)54(63)42(38)29-50(51)64-3/h5-8,11-12,14-15,19-22,27-29,45-48,59-60H,4,9-10,13,16-18,23-26,30-31H2,1-3H3,(H,55,61)/t45-,46-,47?,48?/m0/s1. The number of ether oxygens (including phenoxy) is 3. The Labute approximate surface area is 405 Å². The molecule has 0 saturated heterocycles. The molecule has 0 bridgehead atoms. The molecule has 5 aromatic carbocycles. The van der Waals surface area contributed by atoms with E-state index in [-0.39, 0.29) is 55.2 Å². The summed E-state index contributed by atoms with van der Waals surface area (Å²) in [6, 6.07) is 27.7. The molecule has 2 unspecified atom stereocenters. The lowest BCUT2D eigenvalue weighted by Gasteiger charge is -2.26. The van der Waals surface area contributed by atoms with Crippen LogP contribution >= 0.6 is 21.6 Å². The quantitative estimate of drug-likeness (QED) is 0.0570. The molecule has 0 fully saturated rings. The third-order valence-corrected chi connectivity index (χ3v) is 16.0. The molecule has 4 heterocycles. The number of hydrogen-bond donors (Lipinski definition) is 3. The number of nitrogens with zero attached hydrogens (tertiary/aromatic N) is 2. The maximum absolute atomic E-state index is 14.1. The van der Waals surface area contributed by atoms with Gasteiger partial charge in [-0.05, 0) is 126 Å². The van der Waals surface area contributed by atoms with E-state index in [1.807, 2.05) is 92.7 Å². The summed E-state index contributed by atoms with van der Waals surface area (Å²) in [5.74, 6) is 2.91. The molecule has 12 nitrogen and oxygen atoms in total. The topological polar surface area (TPSA) is 155 Å². The van der Waals surface area contributed by atoms with Gasteiger partial charge in [0.15, 0.2) is 11.5 Å². The molecule has 4 aliphatic heterocycles. The van der Waals surface area contributed by atoms with E-state index in [9.17, 15) is 29.4 Å². The van der Waals surface area contributed by atoms with Gasteiger partial charge >= 0.3 is 0 Å². The first-order valence-electron chi connectivity index (χ1n) is 23.5. The zero-order valence-corrected chi connectivity index (χ0v) is 40.3. The van der Waals surface area contributed by atoms with Crippen LogP contribution in [-0.2, 0) is 48.5 Å². The summed E-state index contributed by atoms with van der Waals surface area (Å²) in [6.07, 6.45) is 3.24. The first-order chi connectivity index (χ1) is 33.0. The van der Waals surface area contributed by atoms with Crippen molar-refractivity contribution >= 4 is 62.2 Å². The summed E-state index contributed by atoms with van der Waals surface area (Å²) in [7, 11) is 4.97. The Morgan fingerprint density at radius 2 is 1.19 bits per heavy atom. The number of amides is 3. The van der Waals surface area contributed by atoms with E-state index in [0.29, 0.717) is 84.6 Å². The van der Waals surface area contributed by atoms with Crippen LogP contribution in [0.1, 0.15) is 98.7 Å². The van der Waals surface area contributed by atoms with Gasteiger partial charge in [0.2, 0.25) is 5.91 Å². The van der Waals surface area contributed by atoms with Gasteiger partial charge in [-0.15, -0.1) is 0 Å². The van der Waals surface area contributed by atoms with Gasteiger partial charge in [-0.1, -0.05) is 64.9 Å². The van der Waals surface area contributed by atoms with Gasteiger partial charge in [0.25, 0.3) is 11.8 Å². The fraction of sp³-hybridized carbons (Fsp3) is 0.370. The second-order valence-corrected chi connectivity index (χ2v) is 20.7.